The van der Waals surface area contributed by atoms with Crippen LogP contribution in [0.2, 0.25) is 0 Å². The molecule has 118 valence electrons. The molecule has 23 heavy (non-hydrogen) atoms. The van der Waals surface area contributed by atoms with Crippen LogP contribution < -0.4 is 10.2 Å². The van der Waals surface area contributed by atoms with E-state index in [1.165, 1.54) is 6.07 Å². The Bertz CT molecular complexity index is 732. The van der Waals surface area contributed by atoms with Gasteiger partial charge in [-0.3, -0.25) is 4.79 Å². The molecule has 1 aliphatic rings. The van der Waals surface area contributed by atoms with Crippen LogP contribution >= 0.6 is 0 Å². The van der Waals surface area contributed by atoms with Gasteiger partial charge in [0.1, 0.15) is 17.2 Å². The van der Waals surface area contributed by atoms with Gasteiger partial charge in [0.25, 0.3) is 0 Å². The van der Waals surface area contributed by atoms with Gasteiger partial charge in [0.2, 0.25) is 0 Å². The Morgan fingerprint density at radius 3 is 2.74 bits per heavy atom. The van der Waals surface area contributed by atoms with E-state index in [0.29, 0.717) is 23.4 Å². The lowest BCUT2D eigenvalue weighted by Crippen LogP contribution is -2.27. The third-order valence-electron chi connectivity index (χ3n) is 3.64. The molecule has 1 aliphatic heterocycles. The lowest BCUT2D eigenvalue weighted by molar-refractivity contribution is -0.137. The zero-order valence-electron chi connectivity index (χ0n) is 12.2. The maximum atomic E-state index is 10.7. The number of rotatable bonds is 5. The second-order valence-electron chi connectivity index (χ2n) is 5.30. The standard InChI is InChI=1S/C16H15BO6/c18-10-2-1-3-11(8-10)22-12-4-5-13-14(9-12)17(21)23-15(13)6-7-16(19)20/h1-5,8-9,15,18,21H,6-7H2,(H,19,20). The third kappa shape index (κ3) is 3.47. The molecule has 0 saturated carbocycles. The van der Waals surface area contributed by atoms with Gasteiger partial charge in [-0.25, -0.2) is 0 Å². The average molecular weight is 314 g/mol. The summed E-state index contributed by atoms with van der Waals surface area (Å²) in [5, 5.41) is 28.2. The SMILES string of the molecule is O=C(O)CCC1OB(O)c2cc(Oc3cccc(O)c3)ccc21. The lowest BCUT2D eigenvalue weighted by Gasteiger charge is -2.11. The summed E-state index contributed by atoms with van der Waals surface area (Å²) < 4.78 is 11.0. The van der Waals surface area contributed by atoms with Gasteiger partial charge in [0.05, 0.1) is 6.10 Å². The summed E-state index contributed by atoms with van der Waals surface area (Å²) in [4.78, 5) is 10.7. The Morgan fingerprint density at radius 1 is 1.22 bits per heavy atom. The smallest absolute Gasteiger partial charge is 0.492 e. The van der Waals surface area contributed by atoms with E-state index in [9.17, 15) is 14.9 Å². The molecule has 0 amide bonds. The van der Waals surface area contributed by atoms with E-state index in [1.54, 1.807) is 36.4 Å². The summed E-state index contributed by atoms with van der Waals surface area (Å²) >= 11 is 0. The molecule has 0 bridgehead atoms. The Kier molecular flexibility index (Phi) is 4.23. The van der Waals surface area contributed by atoms with Crippen LogP contribution in [0.4, 0.5) is 0 Å². The van der Waals surface area contributed by atoms with Crippen molar-refractivity contribution in [2.24, 2.45) is 0 Å². The van der Waals surface area contributed by atoms with Crippen molar-refractivity contribution < 1.29 is 29.4 Å². The number of aromatic hydroxyl groups is 1. The second-order valence-corrected chi connectivity index (χ2v) is 5.30. The first-order valence-corrected chi connectivity index (χ1v) is 7.19. The first kappa shape index (κ1) is 15.4. The predicted molar refractivity (Wildman–Crippen MR) is 82.9 cm³/mol. The summed E-state index contributed by atoms with van der Waals surface area (Å²) in [6, 6.07) is 11.5. The highest BCUT2D eigenvalue weighted by Gasteiger charge is 2.35. The van der Waals surface area contributed by atoms with Gasteiger partial charge in [-0.1, -0.05) is 12.1 Å². The van der Waals surface area contributed by atoms with Crippen molar-refractivity contribution >= 4 is 18.6 Å². The number of carboxylic acids is 1. The molecule has 0 spiro atoms. The zero-order valence-corrected chi connectivity index (χ0v) is 12.2. The van der Waals surface area contributed by atoms with Crippen LogP contribution in [0.25, 0.3) is 0 Å². The monoisotopic (exact) mass is 314 g/mol. The molecule has 2 aromatic carbocycles. The van der Waals surface area contributed by atoms with Gasteiger partial charge >= 0.3 is 13.1 Å². The Hall–Kier alpha value is -2.51. The van der Waals surface area contributed by atoms with E-state index in [2.05, 4.69) is 0 Å². The molecule has 3 N–H and O–H groups in total. The number of carboxylic acid groups (broad SMARTS) is 1. The van der Waals surface area contributed by atoms with Crippen molar-refractivity contribution in [3.63, 3.8) is 0 Å². The molecule has 0 saturated heterocycles. The fraction of sp³-hybridized carbons (Fsp3) is 0.188. The molecule has 0 fully saturated rings. The second kappa shape index (κ2) is 6.32. The zero-order chi connectivity index (χ0) is 16.4. The number of phenols is 1. The Morgan fingerprint density at radius 2 is 2.00 bits per heavy atom. The van der Waals surface area contributed by atoms with Crippen molar-refractivity contribution in [3.05, 3.63) is 48.0 Å². The van der Waals surface area contributed by atoms with E-state index in [4.69, 9.17) is 14.5 Å². The van der Waals surface area contributed by atoms with Crippen molar-refractivity contribution in [3.8, 4) is 17.2 Å². The van der Waals surface area contributed by atoms with Gasteiger partial charge in [-0.05, 0) is 41.7 Å². The molecule has 1 heterocycles. The minimum atomic E-state index is -1.10. The van der Waals surface area contributed by atoms with Crippen LogP contribution in [-0.2, 0) is 9.45 Å². The van der Waals surface area contributed by atoms with Crippen LogP contribution in [0, 0.1) is 0 Å². The van der Waals surface area contributed by atoms with Crippen LogP contribution in [0.3, 0.4) is 0 Å². The van der Waals surface area contributed by atoms with Crippen molar-refractivity contribution in [1.29, 1.82) is 0 Å². The Labute approximate surface area is 133 Å². The highest BCUT2D eigenvalue weighted by molar-refractivity contribution is 6.61. The van der Waals surface area contributed by atoms with E-state index >= 15 is 0 Å². The molecule has 6 nitrogen and oxygen atoms in total. The van der Waals surface area contributed by atoms with E-state index < -0.39 is 19.2 Å². The van der Waals surface area contributed by atoms with Crippen molar-refractivity contribution in [1.82, 2.24) is 0 Å². The first-order valence-electron chi connectivity index (χ1n) is 7.19. The molecule has 3 rings (SSSR count). The van der Waals surface area contributed by atoms with E-state index in [0.717, 1.165) is 5.56 Å². The highest BCUT2D eigenvalue weighted by Crippen LogP contribution is 2.31. The number of hydrogen-bond donors (Lipinski definition) is 3. The topological polar surface area (TPSA) is 96.2 Å². The maximum Gasteiger partial charge on any atom is 0.492 e. The minimum Gasteiger partial charge on any atom is -0.508 e. The fourth-order valence-corrected chi connectivity index (χ4v) is 2.59. The number of phenolic OH excluding ortho intramolecular Hbond substituents is 1. The number of hydrogen-bond acceptors (Lipinski definition) is 5. The molecule has 0 radical (unpaired) electrons. The molecular weight excluding hydrogens is 299 g/mol. The van der Waals surface area contributed by atoms with Gasteiger partial charge < -0.3 is 24.6 Å². The van der Waals surface area contributed by atoms with Gasteiger partial charge in [-0.15, -0.1) is 0 Å². The van der Waals surface area contributed by atoms with Crippen molar-refractivity contribution in [2.75, 3.05) is 0 Å². The first-order chi connectivity index (χ1) is 11.0. The minimum absolute atomic E-state index is 0.0294. The largest absolute Gasteiger partial charge is 0.508 e. The molecule has 1 atom stereocenters. The molecule has 2 aromatic rings. The van der Waals surface area contributed by atoms with Crippen LogP contribution in [0.5, 0.6) is 17.2 Å². The van der Waals surface area contributed by atoms with Crippen LogP contribution in [0.15, 0.2) is 42.5 Å². The summed E-state index contributed by atoms with van der Waals surface area (Å²) in [5.74, 6) is 0.165. The molecule has 7 heteroatoms. The number of aliphatic carboxylic acids is 1. The van der Waals surface area contributed by atoms with Gasteiger partial charge in [-0.2, -0.15) is 0 Å². The number of ether oxygens (including phenoxy) is 1. The third-order valence-corrected chi connectivity index (χ3v) is 3.64. The summed E-state index contributed by atoms with van der Waals surface area (Å²) in [7, 11) is -1.10. The molecular formula is C16H15BO6. The van der Waals surface area contributed by atoms with E-state index in [1.807, 2.05) is 0 Å². The fourth-order valence-electron chi connectivity index (χ4n) is 2.59. The molecule has 0 aliphatic carbocycles. The molecule has 1 unspecified atom stereocenters. The van der Waals surface area contributed by atoms with E-state index in [-0.39, 0.29) is 12.2 Å². The highest BCUT2D eigenvalue weighted by atomic mass is 16.5. The Balaban J connectivity index is 1.79. The number of fused-ring (bicyclic) bond motifs is 1. The summed E-state index contributed by atoms with van der Waals surface area (Å²) in [5.41, 5.74) is 1.33. The van der Waals surface area contributed by atoms with Gasteiger partial charge in [0, 0.05) is 12.5 Å². The normalized spacial score (nSPS) is 16.2. The maximum absolute atomic E-state index is 10.7. The summed E-state index contributed by atoms with van der Waals surface area (Å²) in [6.45, 7) is 0. The molecule has 0 aromatic heterocycles. The van der Waals surface area contributed by atoms with Gasteiger partial charge in [0.15, 0.2) is 0 Å². The number of benzene rings is 2. The predicted octanol–water partition coefficient (Wildman–Crippen LogP) is 1.81. The summed E-state index contributed by atoms with van der Waals surface area (Å²) in [6.07, 6.45) is -0.171. The average Bonchev–Trinajstić information content (AvgIpc) is 2.81. The lowest BCUT2D eigenvalue weighted by atomic mass is 9.79. The van der Waals surface area contributed by atoms with Crippen LogP contribution in [0.1, 0.15) is 24.5 Å². The van der Waals surface area contributed by atoms with Crippen LogP contribution in [-0.4, -0.2) is 28.3 Å². The van der Waals surface area contributed by atoms with Crippen molar-refractivity contribution in [2.45, 2.75) is 18.9 Å². The quantitative estimate of drug-likeness (QED) is 0.728. The number of carbonyl (C=O) groups is 1.